The molecule has 0 aliphatic rings. The highest BCUT2D eigenvalue weighted by molar-refractivity contribution is 5.61. The molecule has 2 rings (SSSR count). The quantitative estimate of drug-likeness (QED) is 0.443. The number of rotatable bonds is 4. The van der Waals surface area contributed by atoms with E-state index in [0.29, 0.717) is 5.69 Å². The summed E-state index contributed by atoms with van der Waals surface area (Å²) >= 11 is 0. The van der Waals surface area contributed by atoms with Crippen LogP contribution in [-0.4, -0.2) is 9.91 Å². The van der Waals surface area contributed by atoms with Gasteiger partial charge in [-0.15, -0.1) is 0 Å². The van der Waals surface area contributed by atoms with Gasteiger partial charge in [-0.1, -0.05) is 6.07 Å². The van der Waals surface area contributed by atoms with Crippen LogP contribution < -0.4 is 16.6 Å². The Morgan fingerprint density at radius 1 is 1.26 bits per heavy atom. The molecule has 0 fully saturated rings. The van der Waals surface area contributed by atoms with Crippen molar-refractivity contribution >= 4 is 23.0 Å². The minimum Gasteiger partial charge on any atom is -0.340 e. The molecule has 0 saturated heterocycles. The summed E-state index contributed by atoms with van der Waals surface area (Å²) in [6, 6.07) is 8.08. The van der Waals surface area contributed by atoms with Crippen molar-refractivity contribution in [3.05, 3.63) is 52.3 Å². The fourth-order valence-electron chi connectivity index (χ4n) is 1.47. The molecule has 0 atom stereocenters. The third-order valence-electron chi connectivity index (χ3n) is 2.27. The van der Waals surface area contributed by atoms with Crippen molar-refractivity contribution in [2.45, 2.75) is 0 Å². The molecule has 1 aromatic heterocycles. The predicted molar refractivity (Wildman–Crippen MR) is 68.4 cm³/mol. The Kier molecular flexibility index (Phi) is 3.53. The standard InChI is InChI=1S/C11H10FN5O2/c12-7-2-1-3-8(4-7)14-10-5-9(17(18)19)6-11(15-10)16-13/h1-6H,13H2,(H2,14,15,16). The highest BCUT2D eigenvalue weighted by Gasteiger charge is 2.11. The maximum absolute atomic E-state index is 13.0. The normalized spacial score (nSPS) is 10.0. The second kappa shape index (κ2) is 5.27. The molecule has 0 spiro atoms. The van der Waals surface area contributed by atoms with Gasteiger partial charge in [0.2, 0.25) is 0 Å². The van der Waals surface area contributed by atoms with Crippen LogP contribution in [0.25, 0.3) is 0 Å². The van der Waals surface area contributed by atoms with Crippen molar-refractivity contribution in [2.24, 2.45) is 5.84 Å². The monoisotopic (exact) mass is 263 g/mol. The number of benzene rings is 1. The summed E-state index contributed by atoms with van der Waals surface area (Å²) in [6.07, 6.45) is 0. The number of halogens is 1. The van der Waals surface area contributed by atoms with Gasteiger partial charge in [-0.05, 0) is 18.2 Å². The summed E-state index contributed by atoms with van der Waals surface area (Å²) in [7, 11) is 0. The summed E-state index contributed by atoms with van der Waals surface area (Å²) in [5, 5.41) is 13.5. The minimum atomic E-state index is -0.570. The highest BCUT2D eigenvalue weighted by Crippen LogP contribution is 2.23. The molecule has 1 heterocycles. The lowest BCUT2D eigenvalue weighted by Gasteiger charge is -2.07. The van der Waals surface area contributed by atoms with Gasteiger partial charge in [0.15, 0.2) is 0 Å². The first kappa shape index (κ1) is 12.7. The average molecular weight is 263 g/mol. The van der Waals surface area contributed by atoms with Crippen molar-refractivity contribution < 1.29 is 9.31 Å². The molecule has 0 unspecified atom stereocenters. The number of hydrogen-bond donors (Lipinski definition) is 3. The third kappa shape index (κ3) is 3.13. The number of aromatic nitrogens is 1. The Balaban J connectivity index is 2.34. The second-order valence-electron chi connectivity index (χ2n) is 3.63. The number of anilines is 3. The third-order valence-corrected chi connectivity index (χ3v) is 2.27. The van der Waals surface area contributed by atoms with E-state index in [4.69, 9.17) is 5.84 Å². The molecule has 0 bridgehead atoms. The zero-order valence-corrected chi connectivity index (χ0v) is 9.63. The van der Waals surface area contributed by atoms with Crippen LogP contribution in [0.1, 0.15) is 0 Å². The second-order valence-corrected chi connectivity index (χ2v) is 3.63. The molecular weight excluding hydrogens is 253 g/mol. The van der Waals surface area contributed by atoms with Crippen LogP contribution in [0.3, 0.4) is 0 Å². The van der Waals surface area contributed by atoms with Gasteiger partial charge in [-0.3, -0.25) is 10.1 Å². The van der Waals surface area contributed by atoms with Gasteiger partial charge >= 0.3 is 0 Å². The molecule has 1 aromatic carbocycles. The summed E-state index contributed by atoms with van der Waals surface area (Å²) in [6.45, 7) is 0. The first-order valence-electron chi connectivity index (χ1n) is 5.24. The van der Waals surface area contributed by atoms with Gasteiger partial charge in [0.25, 0.3) is 5.69 Å². The van der Waals surface area contributed by atoms with E-state index in [2.05, 4.69) is 15.7 Å². The fraction of sp³-hybridized carbons (Fsp3) is 0. The topological polar surface area (TPSA) is 106 Å². The van der Waals surface area contributed by atoms with E-state index in [1.165, 1.54) is 30.3 Å². The zero-order valence-electron chi connectivity index (χ0n) is 9.63. The number of nitrogens with two attached hydrogens (primary N) is 1. The van der Waals surface area contributed by atoms with Crippen LogP contribution in [0.5, 0.6) is 0 Å². The summed E-state index contributed by atoms with van der Waals surface area (Å²) in [5.41, 5.74) is 2.48. The molecule has 0 aliphatic carbocycles. The molecule has 19 heavy (non-hydrogen) atoms. The Morgan fingerprint density at radius 2 is 2.00 bits per heavy atom. The minimum absolute atomic E-state index is 0.133. The van der Waals surface area contributed by atoms with Crippen molar-refractivity contribution in [3.63, 3.8) is 0 Å². The SMILES string of the molecule is NNc1cc([N+](=O)[O-])cc(Nc2cccc(F)c2)n1. The van der Waals surface area contributed by atoms with Gasteiger partial charge in [-0.2, -0.15) is 0 Å². The molecule has 98 valence electrons. The lowest BCUT2D eigenvalue weighted by molar-refractivity contribution is -0.384. The average Bonchev–Trinajstić information content (AvgIpc) is 2.38. The summed E-state index contributed by atoms with van der Waals surface area (Å²) in [5.74, 6) is 5.08. The molecule has 0 amide bonds. The molecule has 2 aromatic rings. The zero-order chi connectivity index (χ0) is 13.8. The number of nitrogens with zero attached hydrogens (tertiary/aromatic N) is 2. The first-order valence-corrected chi connectivity index (χ1v) is 5.24. The molecule has 7 nitrogen and oxygen atoms in total. The Morgan fingerprint density at radius 3 is 2.63 bits per heavy atom. The van der Waals surface area contributed by atoms with Gasteiger partial charge in [0, 0.05) is 5.69 Å². The molecule has 4 N–H and O–H groups in total. The predicted octanol–water partition coefficient (Wildman–Crippen LogP) is 2.16. The van der Waals surface area contributed by atoms with Crippen LogP contribution in [0.2, 0.25) is 0 Å². The van der Waals surface area contributed by atoms with Crippen molar-refractivity contribution in [1.82, 2.24) is 4.98 Å². The number of nitrogen functional groups attached to an aromatic ring is 1. The summed E-state index contributed by atoms with van der Waals surface area (Å²) in [4.78, 5) is 14.2. The molecular formula is C11H10FN5O2. The Hall–Kier alpha value is -2.74. The largest absolute Gasteiger partial charge is 0.340 e. The van der Waals surface area contributed by atoms with Gasteiger partial charge in [0.05, 0.1) is 17.1 Å². The van der Waals surface area contributed by atoms with E-state index in [0.717, 1.165) is 0 Å². The molecule has 0 saturated carbocycles. The number of pyridine rings is 1. The van der Waals surface area contributed by atoms with E-state index in [1.807, 2.05) is 0 Å². The van der Waals surface area contributed by atoms with Gasteiger partial charge in [0.1, 0.15) is 17.5 Å². The van der Waals surface area contributed by atoms with E-state index < -0.39 is 10.7 Å². The number of hydrazine groups is 1. The van der Waals surface area contributed by atoms with E-state index in [-0.39, 0.29) is 17.3 Å². The van der Waals surface area contributed by atoms with Crippen LogP contribution in [0.15, 0.2) is 36.4 Å². The Bertz CT molecular complexity index is 620. The van der Waals surface area contributed by atoms with E-state index in [1.54, 1.807) is 6.07 Å². The van der Waals surface area contributed by atoms with Gasteiger partial charge < -0.3 is 10.7 Å². The summed E-state index contributed by atoms with van der Waals surface area (Å²) < 4.78 is 13.0. The van der Waals surface area contributed by atoms with Crippen molar-refractivity contribution in [2.75, 3.05) is 10.7 Å². The van der Waals surface area contributed by atoms with Crippen molar-refractivity contribution in [1.29, 1.82) is 0 Å². The fourth-order valence-corrected chi connectivity index (χ4v) is 1.47. The number of hydrogen-bond acceptors (Lipinski definition) is 6. The first-order chi connectivity index (χ1) is 9.08. The molecule has 0 radical (unpaired) electrons. The molecule has 0 aliphatic heterocycles. The smallest absolute Gasteiger partial charge is 0.276 e. The lowest BCUT2D eigenvalue weighted by atomic mass is 10.3. The highest BCUT2D eigenvalue weighted by atomic mass is 19.1. The lowest BCUT2D eigenvalue weighted by Crippen LogP contribution is -2.10. The maximum atomic E-state index is 13.0. The number of nitrogens with one attached hydrogen (secondary N) is 2. The van der Waals surface area contributed by atoms with Crippen LogP contribution in [0, 0.1) is 15.9 Å². The van der Waals surface area contributed by atoms with E-state index in [9.17, 15) is 14.5 Å². The van der Waals surface area contributed by atoms with E-state index >= 15 is 0 Å². The number of nitro groups is 1. The van der Waals surface area contributed by atoms with Crippen LogP contribution in [0.4, 0.5) is 27.4 Å². The Labute approximate surface area is 107 Å². The van der Waals surface area contributed by atoms with Crippen molar-refractivity contribution in [3.8, 4) is 0 Å². The van der Waals surface area contributed by atoms with Gasteiger partial charge in [-0.25, -0.2) is 15.2 Å². The van der Waals surface area contributed by atoms with Crippen LogP contribution in [-0.2, 0) is 0 Å². The molecule has 8 heteroatoms. The maximum Gasteiger partial charge on any atom is 0.276 e. The van der Waals surface area contributed by atoms with Crippen LogP contribution >= 0.6 is 0 Å².